The summed E-state index contributed by atoms with van der Waals surface area (Å²) in [5.41, 5.74) is 3.15. The van der Waals surface area contributed by atoms with Crippen LogP contribution in [0.2, 0.25) is 0 Å². The number of nitrogens with zero attached hydrogens (tertiary/aromatic N) is 1. The number of aliphatic hydroxyl groups excluding tert-OH is 3. The molecule has 5 rings (SSSR count). The minimum Gasteiger partial charge on any atom is -0.445 e. The summed E-state index contributed by atoms with van der Waals surface area (Å²) in [7, 11) is 0. The number of unbranched alkanes of at least 4 members (excludes halogenated alkanes) is 1. The van der Waals surface area contributed by atoms with Gasteiger partial charge in [0.2, 0.25) is 5.89 Å². The van der Waals surface area contributed by atoms with Crippen molar-refractivity contribution in [3.8, 4) is 0 Å². The van der Waals surface area contributed by atoms with E-state index in [1.807, 2.05) is 12.3 Å². The molecule has 4 aliphatic rings. The minimum absolute atomic E-state index is 0.244. The highest BCUT2D eigenvalue weighted by atomic mass is 16.4. The fourth-order valence-corrected chi connectivity index (χ4v) is 7.98. The van der Waals surface area contributed by atoms with Crippen molar-refractivity contribution < 1.29 is 19.7 Å². The van der Waals surface area contributed by atoms with Crippen molar-refractivity contribution in [1.29, 1.82) is 0 Å². The first kappa shape index (κ1) is 28.6. The summed E-state index contributed by atoms with van der Waals surface area (Å²) in [5, 5.41) is 31.6. The van der Waals surface area contributed by atoms with Gasteiger partial charge in [0.15, 0.2) is 0 Å². The molecule has 0 spiro atoms. The molecule has 1 aromatic heterocycles. The van der Waals surface area contributed by atoms with Crippen LogP contribution in [0, 0.1) is 23.2 Å². The Bertz CT molecular complexity index is 1120. The van der Waals surface area contributed by atoms with E-state index in [1.54, 1.807) is 0 Å². The SMILES string of the molecule is C=C1/C(=C\C=C2/CCC[C@]3(C)[C@@H]([C@@H](C)/C=C/[C@H](O)C4(c5ncc(CCCC)o5)CC4)CC[C@@H]23)C[C@@H](O)C[C@@H]1O. The highest BCUT2D eigenvalue weighted by Crippen LogP contribution is 2.60. The third-order valence-corrected chi connectivity index (χ3v) is 10.6. The van der Waals surface area contributed by atoms with E-state index in [4.69, 9.17) is 4.42 Å². The van der Waals surface area contributed by atoms with Gasteiger partial charge in [0.05, 0.1) is 29.9 Å². The average molecular weight is 536 g/mol. The first-order chi connectivity index (χ1) is 18.7. The van der Waals surface area contributed by atoms with Gasteiger partial charge in [-0.15, -0.1) is 0 Å². The zero-order valence-corrected chi connectivity index (χ0v) is 24.2. The van der Waals surface area contributed by atoms with Crippen LogP contribution < -0.4 is 0 Å². The summed E-state index contributed by atoms with van der Waals surface area (Å²) >= 11 is 0. The van der Waals surface area contributed by atoms with Crippen LogP contribution in [-0.2, 0) is 11.8 Å². The number of fused-ring (bicyclic) bond motifs is 1. The normalized spacial score (nSPS) is 36.0. The third-order valence-electron chi connectivity index (χ3n) is 10.6. The van der Waals surface area contributed by atoms with Crippen molar-refractivity contribution >= 4 is 0 Å². The maximum atomic E-state index is 11.2. The highest BCUT2D eigenvalue weighted by molar-refractivity contribution is 5.38. The van der Waals surface area contributed by atoms with Crippen LogP contribution in [0.25, 0.3) is 0 Å². The van der Waals surface area contributed by atoms with Crippen LogP contribution in [0.4, 0.5) is 0 Å². The number of aryl methyl sites for hydroxylation is 1. The average Bonchev–Trinajstić information content (AvgIpc) is 3.44. The smallest absolute Gasteiger partial charge is 0.203 e. The Hall–Kier alpha value is -1.95. The van der Waals surface area contributed by atoms with E-state index >= 15 is 0 Å². The van der Waals surface area contributed by atoms with E-state index in [1.165, 1.54) is 31.3 Å². The van der Waals surface area contributed by atoms with Gasteiger partial charge >= 0.3 is 0 Å². The molecule has 4 saturated carbocycles. The Morgan fingerprint density at radius 3 is 2.72 bits per heavy atom. The molecule has 1 aromatic rings. The molecule has 214 valence electrons. The molecule has 3 N–H and O–H groups in total. The number of allylic oxidation sites excluding steroid dienone is 4. The van der Waals surface area contributed by atoms with E-state index in [2.05, 4.69) is 50.6 Å². The number of hydrogen-bond acceptors (Lipinski definition) is 5. The number of oxazole rings is 1. The van der Waals surface area contributed by atoms with Gasteiger partial charge in [-0.1, -0.05) is 63.6 Å². The van der Waals surface area contributed by atoms with Gasteiger partial charge < -0.3 is 19.7 Å². The second-order valence-corrected chi connectivity index (χ2v) is 13.2. The van der Waals surface area contributed by atoms with Crippen LogP contribution in [0.3, 0.4) is 0 Å². The number of hydrogen-bond donors (Lipinski definition) is 3. The van der Waals surface area contributed by atoms with Crippen LogP contribution >= 0.6 is 0 Å². The summed E-state index contributed by atoms with van der Waals surface area (Å²) < 4.78 is 6.08. The molecule has 0 radical (unpaired) electrons. The van der Waals surface area contributed by atoms with Crippen LogP contribution in [0.5, 0.6) is 0 Å². The predicted octanol–water partition coefficient (Wildman–Crippen LogP) is 6.74. The molecule has 4 aliphatic carbocycles. The van der Waals surface area contributed by atoms with Crippen molar-refractivity contribution in [2.24, 2.45) is 23.2 Å². The van der Waals surface area contributed by atoms with Crippen LogP contribution in [-0.4, -0.2) is 38.6 Å². The fraction of sp³-hybridized carbons (Fsp3) is 0.676. The molecule has 7 atom stereocenters. The third kappa shape index (κ3) is 5.64. The fourth-order valence-electron chi connectivity index (χ4n) is 7.98. The summed E-state index contributed by atoms with van der Waals surface area (Å²) in [6.45, 7) is 11.1. The van der Waals surface area contributed by atoms with E-state index in [9.17, 15) is 15.3 Å². The molecule has 0 unspecified atom stereocenters. The monoisotopic (exact) mass is 535 g/mol. The molecule has 0 amide bonds. The largest absolute Gasteiger partial charge is 0.445 e. The first-order valence-electron chi connectivity index (χ1n) is 15.4. The first-order valence-corrected chi connectivity index (χ1v) is 15.4. The van der Waals surface area contributed by atoms with Gasteiger partial charge in [-0.05, 0) is 92.1 Å². The minimum atomic E-state index is -0.643. The van der Waals surface area contributed by atoms with Crippen molar-refractivity contribution in [3.05, 3.63) is 65.5 Å². The molecule has 0 saturated heterocycles. The molecular formula is C34H49NO4. The van der Waals surface area contributed by atoms with E-state index in [0.717, 1.165) is 55.4 Å². The van der Waals surface area contributed by atoms with Crippen LogP contribution in [0.15, 0.2) is 58.2 Å². The zero-order valence-electron chi connectivity index (χ0n) is 24.2. The molecule has 5 heteroatoms. The molecule has 4 fully saturated rings. The van der Waals surface area contributed by atoms with Crippen molar-refractivity contribution in [2.75, 3.05) is 0 Å². The maximum absolute atomic E-state index is 11.2. The second kappa shape index (κ2) is 11.5. The molecule has 0 bridgehead atoms. The Morgan fingerprint density at radius 1 is 1.18 bits per heavy atom. The lowest BCUT2D eigenvalue weighted by Crippen LogP contribution is -2.35. The zero-order chi connectivity index (χ0) is 27.8. The van der Waals surface area contributed by atoms with E-state index in [-0.39, 0.29) is 10.8 Å². The van der Waals surface area contributed by atoms with Gasteiger partial charge in [-0.3, -0.25) is 0 Å². The number of rotatable bonds is 9. The molecule has 39 heavy (non-hydrogen) atoms. The second-order valence-electron chi connectivity index (χ2n) is 13.2. The quantitative estimate of drug-likeness (QED) is 0.305. The van der Waals surface area contributed by atoms with E-state index in [0.29, 0.717) is 36.5 Å². The summed E-state index contributed by atoms with van der Waals surface area (Å²) in [4.78, 5) is 4.56. The Labute approximate surface area is 234 Å². The van der Waals surface area contributed by atoms with Gasteiger partial charge in [-0.2, -0.15) is 0 Å². The Kier molecular flexibility index (Phi) is 8.43. The highest BCUT2D eigenvalue weighted by Gasteiger charge is 2.54. The summed E-state index contributed by atoms with van der Waals surface area (Å²) in [6.07, 6.45) is 20.7. The molecule has 5 nitrogen and oxygen atoms in total. The molecule has 1 heterocycles. The predicted molar refractivity (Wildman–Crippen MR) is 155 cm³/mol. The van der Waals surface area contributed by atoms with E-state index < -0.39 is 18.3 Å². The number of aliphatic hydroxyl groups is 3. The Balaban J connectivity index is 1.26. The number of aromatic nitrogens is 1. The molecule has 0 aliphatic heterocycles. The lowest BCUT2D eigenvalue weighted by Gasteiger charge is -2.44. The Morgan fingerprint density at radius 2 is 1.97 bits per heavy atom. The van der Waals surface area contributed by atoms with Crippen molar-refractivity contribution in [2.45, 2.75) is 122 Å². The van der Waals surface area contributed by atoms with Crippen LogP contribution in [0.1, 0.15) is 103 Å². The van der Waals surface area contributed by atoms with Gasteiger partial charge in [-0.25, -0.2) is 4.98 Å². The van der Waals surface area contributed by atoms with Gasteiger partial charge in [0.1, 0.15) is 5.76 Å². The van der Waals surface area contributed by atoms with Crippen molar-refractivity contribution in [1.82, 2.24) is 4.98 Å². The molecular weight excluding hydrogens is 486 g/mol. The topological polar surface area (TPSA) is 86.7 Å². The molecule has 0 aromatic carbocycles. The standard InChI is InChI=1S/C34H49NO4/c1-5-6-9-27-21-35-32(39-27)34(17-18-34)31(38)15-10-22(2)28-13-14-29-24(8-7-16-33(28,29)4)11-12-25-19-26(36)20-30(37)23(25)3/h10-12,15,21-22,26,28-31,36-38H,3,5-9,13-14,16-20H2,1-2,4H3/b15-10+,24-11+,25-12-/t22-,26+,28+,29-,30-,31-,33+/m0/s1. The maximum Gasteiger partial charge on any atom is 0.203 e. The lowest BCUT2D eigenvalue weighted by molar-refractivity contribution is 0.0862. The lowest BCUT2D eigenvalue weighted by atomic mass is 9.61. The van der Waals surface area contributed by atoms with Gasteiger partial charge in [0, 0.05) is 12.8 Å². The van der Waals surface area contributed by atoms with Gasteiger partial charge in [0.25, 0.3) is 0 Å². The van der Waals surface area contributed by atoms with Crippen molar-refractivity contribution in [3.63, 3.8) is 0 Å². The summed E-state index contributed by atoms with van der Waals surface area (Å²) in [6, 6.07) is 0. The summed E-state index contributed by atoms with van der Waals surface area (Å²) in [5.74, 6) is 3.17.